The van der Waals surface area contributed by atoms with E-state index in [1.807, 2.05) is 26.8 Å². The first-order chi connectivity index (χ1) is 7.89. The van der Waals surface area contributed by atoms with Gasteiger partial charge in [0.2, 0.25) is 0 Å². The van der Waals surface area contributed by atoms with Gasteiger partial charge < -0.3 is 15.2 Å². The van der Waals surface area contributed by atoms with E-state index in [9.17, 15) is 0 Å². The van der Waals surface area contributed by atoms with Crippen molar-refractivity contribution in [3.8, 4) is 5.75 Å². The molecular formula is C13H20ClNO2. The van der Waals surface area contributed by atoms with Crippen LogP contribution in [0.1, 0.15) is 25.8 Å². The first kappa shape index (κ1) is 14.1. The Kier molecular flexibility index (Phi) is 4.66. The van der Waals surface area contributed by atoms with Gasteiger partial charge in [-0.05, 0) is 38.8 Å². The Morgan fingerprint density at radius 1 is 1.41 bits per heavy atom. The summed E-state index contributed by atoms with van der Waals surface area (Å²) in [6.45, 7) is 6.17. The second-order valence-electron chi connectivity index (χ2n) is 4.78. The zero-order valence-corrected chi connectivity index (χ0v) is 11.6. The van der Waals surface area contributed by atoms with Gasteiger partial charge >= 0.3 is 0 Å². The summed E-state index contributed by atoms with van der Waals surface area (Å²) in [6, 6.07) is 3.76. The number of aryl methyl sites for hydroxylation is 1. The van der Waals surface area contributed by atoms with Crippen LogP contribution in [0.5, 0.6) is 5.75 Å². The van der Waals surface area contributed by atoms with Gasteiger partial charge in [0.25, 0.3) is 0 Å². The highest BCUT2D eigenvalue weighted by Crippen LogP contribution is 2.33. The van der Waals surface area contributed by atoms with E-state index in [2.05, 4.69) is 5.32 Å². The lowest BCUT2D eigenvalue weighted by Crippen LogP contribution is -2.32. The topological polar surface area (TPSA) is 41.5 Å². The molecule has 0 aliphatic rings. The Labute approximate surface area is 108 Å². The highest BCUT2D eigenvalue weighted by molar-refractivity contribution is 6.31. The average molecular weight is 258 g/mol. The Morgan fingerprint density at radius 2 is 2.06 bits per heavy atom. The van der Waals surface area contributed by atoms with E-state index in [-0.39, 0.29) is 12.1 Å². The third-order valence-corrected chi connectivity index (χ3v) is 3.10. The van der Waals surface area contributed by atoms with Crippen LogP contribution in [0, 0.1) is 6.92 Å². The Bertz CT molecular complexity index is 391. The fourth-order valence-corrected chi connectivity index (χ4v) is 1.79. The standard InChI is InChI=1S/C13H20ClNO2/c1-9-7-11(12(17-4)8-10(9)14)15-13(2,3)5-6-16/h7-8,15-16H,5-6H2,1-4H3. The van der Waals surface area contributed by atoms with Gasteiger partial charge in [0.1, 0.15) is 5.75 Å². The highest BCUT2D eigenvalue weighted by atomic mass is 35.5. The Morgan fingerprint density at radius 3 is 2.59 bits per heavy atom. The van der Waals surface area contributed by atoms with Crippen LogP contribution >= 0.6 is 11.6 Å². The SMILES string of the molecule is COc1cc(Cl)c(C)cc1NC(C)(C)CCO. The summed E-state index contributed by atoms with van der Waals surface area (Å²) < 4.78 is 5.30. The molecule has 2 N–H and O–H groups in total. The van der Waals surface area contributed by atoms with Crippen molar-refractivity contribution in [3.63, 3.8) is 0 Å². The number of aliphatic hydroxyl groups is 1. The summed E-state index contributed by atoms with van der Waals surface area (Å²) in [7, 11) is 1.62. The number of benzene rings is 1. The smallest absolute Gasteiger partial charge is 0.143 e. The van der Waals surface area contributed by atoms with Crippen LogP contribution in [0.3, 0.4) is 0 Å². The lowest BCUT2D eigenvalue weighted by atomic mass is 10.0. The van der Waals surface area contributed by atoms with Crippen LogP contribution in [-0.4, -0.2) is 24.4 Å². The lowest BCUT2D eigenvalue weighted by molar-refractivity contribution is 0.260. The fraction of sp³-hybridized carbons (Fsp3) is 0.538. The first-order valence-corrected chi connectivity index (χ1v) is 6.00. The van der Waals surface area contributed by atoms with E-state index < -0.39 is 0 Å². The Balaban J connectivity index is 3.01. The molecule has 0 heterocycles. The molecule has 96 valence electrons. The van der Waals surface area contributed by atoms with Gasteiger partial charge in [-0.2, -0.15) is 0 Å². The van der Waals surface area contributed by atoms with Crippen LogP contribution < -0.4 is 10.1 Å². The molecule has 1 rings (SSSR count). The maximum Gasteiger partial charge on any atom is 0.143 e. The van der Waals surface area contributed by atoms with E-state index in [0.717, 1.165) is 11.3 Å². The number of anilines is 1. The van der Waals surface area contributed by atoms with Crippen molar-refractivity contribution in [2.45, 2.75) is 32.7 Å². The molecule has 0 fully saturated rings. The van der Waals surface area contributed by atoms with E-state index in [1.54, 1.807) is 13.2 Å². The van der Waals surface area contributed by atoms with Crippen LogP contribution in [0.2, 0.25) is 5.02 Å². The highest BCUT2D eigenvalue weighted by Gasteiger charge is 2.19. The fourth-order valence-electron chi connectivity index (χ4n) is 1.64. The summed E-state index contributed by atoms with van der Waals surface area (Å²) in [5.41, 5.74) is 1.70. The number of hydrogen-bond donors (Lipinski definition) is 2. The zero-order valence-electron chi connectivity index (χ0n) is 10.8. The van der Waals surface area contributed by atoms with Crippen molar-refractivity contribution in [3.05, 3.63) is 22.7 Å². The van der Waals surface area contributed by atoms with E-state index in [0.29, 0.717) is 17.2 Å². The minimum Gasteiger partial charge on any atom is -0.495 e. The van der Waals surface area contributed by atoms with Crippen molar-refractivity contribution >= 4 is 17.3 Å². The van der Waals surface area contributed by atoms with Gasteiger partial charge in [-0.1, -0.05) is 11.6 Å². The quantitative estimate of drug-likeness (QED) is 0.851. The van der Waals surface area contributed by atoms with E-state index in [1.165, 1.54) is 0 Å². The monoisotopic (exact) mass is 257 g/mol. The minimum atomic E-state index is -0.192. The molecule has 4 heteroatoms. The Hall–Kier alpha value is -0.930. The molecule has 0 aliphatic carbocycles. The normalized spacial score (nSPS) is 11.4. The molecule has 0 aromatic heterocycles. The molecule has 0 spiro atoms. The van der Waals surface area contributed by atoms with E-state index in [4.69, 9.17) is 21.4 Å². The number of hydrogen-bond acceptors (Lipinski definition) is 3. The third kappa shape index (κ3) is 3.79. The molecule has 0 aliphatic heterocycles. The second-order valence-corrected chi connectivity index (χ2v) is 5.19. The molecule has 0 saturated carbocycles. The van der Waals surface area contributed by atoms with Crippen molar-refractivity contribution < 1.29 is 9.84 Å². The molecule has 1 aromatic rings. The predicted molar refractivity (Wildman–Crippen MR) is 72.1 cm³/mol. The summed E-state index contributed by atoms with van der Waals surface area (Å²) >= 11 is 6.05. The van der Waals surface area contributed by atoms with Gasteiger partial charge in [-0.3, -0.25) is 0 Å². The molecule has 0 bridgehead atoms. The van der Waals surface area contributed by atoms with Crippen molar-refractivity contribution in [1.82, 2.24) is 0 Å². The molecule has 0 atom stereocenters. The molecule has 3 nitrogen and oxygen atoms in total. The molecule has 0 radical (unpaired) electrons. The van der Waals surface area contributed by atoms with Crippen molar-refractivity contribution in [1.29, 1.82) is 0 Å². The number of methoxy groups -OCH3 is 1. The number of halogens is 1. The van der Waals surface area contributed by atoms with Crippen LogP contribution in [-0.2, 0) is 0 Å². The number of nitrogens with one attached hydrogen (secondary N) is 1. The maximum absolute atomic E-state index is 9.01. The van der Waals surface area contributed by atoms with Crippen LogP contribution in [0.4, 0.5) is 5.69 Å². The van der Waals surface area contributed by atoms with Gasteiger partial charge in [-0.15, -0.1) is 0 Å². The van der Waals surface area contributed by atoms with Gasteiger partial charge in [0.15, 0.2) is 0 Å². The molecule has 0 amide bonds. The molecule has 0 saturated heterocycles. The number of rotatable bonds is 5. The molecule has 17 heavy (non-hydrogen) atoms. The second kappa shape index (κ2) is 5.61. The maximum atomic E-state index is 9.01. The average Bonchev–Trinajstić information content (AvgIpc) is 2.22. The largest absolute Gasteiger partial charge is 0.495 e. The predicted octanol–water partition coefficient (Wildman–Crippen LogP) is 3.23. The van der Waals surface area contributed by atoms with Gasteiger partial charge in [0.05, 0.1) is 12.8 Å². The van der Waals surface area contributed by atoms with Crippen LogP contribution in [0.15, 0.2) is 12.1 Å². The molecule has 1 aromatic carbocycles. The van der Waals surface area contributed by atoms with Crippen LogP contribution in [0.25, 0.3) is 0 Å². The third-order valence-electron chi connectivity index (χ3n) is 2.69. The summed E-state index contributed by atoms with van der Waals surface area (Å²) in [5, 5.41) is 13.1. The van der Waals surface area contributed by atoms with Gasteiger partial charge in [-0.25, -0.2) is 0 Å². The zero-order chi connectivity index (χ0) is 13.1. The van der Waals surface area contributed by atoms with Gasteiger partial charge in [0, 0.05) is 23.2 Å². The number of ether oxygens (including phenoxy) is 1. The summed E-state index contributed by atoms with van der Waals surface area (Å²) in [4.78, 5) is 0. The van der Waals surface area contributed by atoms with E-state index >= 15 is 0 Å². The lowest BCUT2D eigenvalue weighted by Gasteiger charge is -2.28. The summed E-state index contributed by atoms with van der Waals surface area (Å²) in [5.74, 6) is 0.714. The minimum absolute atomic E-state index is 0.148. The van der Waals surface area contributed by atoms with Crippen molar-refractivity contribution in [2.75, 3.05) is 19.0 Å². The van der Waals surface area contributed by atoms with Crippen molar-refractivity contribution in [2.24, 2.45) is 0 Å². The molecular weight excluding hydrogens is 238 g/mol. The number of aliphatic hydroxyl groups excluding tert-OH is 1. The first-order valence-electron chi connectivity index (χ1n) is 5.63. The summed E-state index contributed by atoms with van der Waals surface area (Å²) in [6.07, 6.45) is 0.665. The molecule has 0 unspecified atom stereocenters.